The number of ether oxygens (including phenoxy) is 1. The van der Waals surface area contributed by atoms with E-state index in [9.17, 15) is 4.79 Å². The highest BCUT2D eigenvalue weighted by atomic mass is 32.1. The Labute approximate surface area is 164 Å². The number of carbonyl (C=O) groups is 1. The van der Waals surface area contributed by atoms with Gasteiger partial charge in [0.05, 0.1) is 12.2 Å². The van der Waals surface area contributed by atoms with Gasteiger partial charge in [-0.2, -0.15) is 0 Å². The molecule has 2 aromatic carbocycles. The van der Waals surface area contributed by atoms with Crippen LogP contribution >= 0.6 is 11.3 Å². The summed E-state index contributed by atoms with van der Waals surface area (Å²) < 4.78 is 5.82. The molecule has 0 N–H and O–H groups in total. The second kappa shape index (κ2) is 8.35. The number of aryl methyl sites for hydroxylation is 3. The summed E-state index contributed by atoms with van der Waals surface area (Å²) in [6.45, 7) is 6.95. The standard InChI is InChI=1S/C22H24N2O2S/c1-15-12-16(2)14-19(13-15)26-11-10-24(4)22(25)20-17(3)23-21(27-20)18-8-6-5-7-9-18/h5-9,12-14H,10-11H2,1-4H3. The van der Waals surface area contributed by atoms with Gasteiger partial charge in [-0.1, -0.05) is 36.4 Å². The molecule has 0 aliphatic carbocycles. The third-order valence-electron chi connectivity index (χ3n) is 4.25. The average Bonchev–Trinajstić information content (AvgIpc) is 3.02. The molecule has 5 heteroatoms. The van der Waals surface area contributed by atoms with E-state index in [1.54, 1.807) is 11.9 Å². The zero-order chi connectivity index (χ0) is 19.4. The van der Waals surface area contributed by atoms with Crippen molar-refractivity contribution in [3.05, 3.63) is 70.2 Å². The summed E-state index contributed by atoms with van der Waals surface area (Å²) in [7, 11) is 1.80. The monoisotopic (exact) mass is 380 g/mol. The van der Waals surface area contributed by atoms with E-state index >= 15 is 0 Å². The molecule has 0 aliphatic rings. The third kappa shape index (κ3) is 4.74. The number of thiazole rings is 1. The van der Waals surface area contributed by atoms with E-state index in [-0.39, 0.29) is 5.91 Å². The summed E-state index contributed by atoms with van der Waals surface area (Å²) in [5.74, 6) is 0.824. The van der Waals surface area contributed by atoms with Gasteiger partial charge in [-0.05, 0) is 44.0 Å². The molecule has 3 aromatic rings. The van der Waals surface area contributed by atoms with Crippen molar-refractivity contribution in [1.82, 2.24) is 9.88 Å². The van der Waals surface area contributed by atoms with Crippen molar-refractivity contribution in [2.75, 3.05) is 20.2 Å². The summed E-state index contributed by atoms with van der Waals surface area (Å²) in [5.41, 5.74) is 4.14. The fourth-order valence-electron chi connectivity index (χ4n) is 2.89. The van der Waals surface area contributed by atoms with Crippen molar-refractivity contribution in [3.63, 3.8) is 0 Å². The molecular weight excluding hydrogens is 356 g/mol. The highest BCUT2D eigenvalue weighted by molar-refractivity contribution is 7.17. The van der Waals surface area contributed by atoms with Crippen molar-refractivity contribution in [1.29, 1.82) is 0 Å². The molecule has 0 fully saturated rings. The number of amides is 1. The number of nitrogens with zero attached hydrogens (tertiary/aromatic N) is 2. The highest BCUT2D eigenvalue weighted by Gasteiger charge is 2.19. The lowest BCUT2D eigenvalue weighted by Gasteiger charge is -2.17. The highest BCUT2D eigenvalue weighted by Crippen LogP contribution is 2.28. The Hall–Kier alpha value is -2.66. The second-order valence-electron chi connectivity index (χ2n) is 6.70. The van der Waals surface area contributed by atoms with Gasteiger partial charge in [-0.15, -0.1) is 11.3 Å². The molecule has 1 aromatic heterocycles. The molecule has 140 valence electrons. The maximum atomic E-state index is 12.8. The summed E-state index contributed by atoms with van der Waals surface area (Å²) >= 11 is 1.44. The minimum absolute atomic E-state index is 0.0174. The zero-order valence-corrected chi connectivity index (χ0v) is 17.0. The Bertz CT molecular complexity index is 914. The second-order valence-corrected chi connectivity index (χ2v) is 7.70. The number of carbonyl (C=O) groups excluding carboxylic acids is 1. The van der Waals surface area contributed by atoms with Crippen LogP contribution in [0.1, 0.15) is 26.5 Å². The first kappa shape index (κ1) is 19.1. The first-order chi connectivity index (χ1) is 12.9. The Morgan fingerprint density at radius 1 is 1.07 bits per heavy atom. The van der Waals surface area contributed by atoms with E-state index in [0.29, 0.717) is 18.0 Å². The number of hydrogen-bond acceptors (Lipinski definition) is 4. The molecule has 4 nitrogen and oxygen atoms in total. The number of aromatic nitrogens is 1. The third-order valence-corrected chi connectivity index (χ3v) is 5.44. The zero-order valence-electron chi connectivity index (χ0n) is 16.2. The van der Waals surface area contributed by atoms with Crippen molar-refractivity contribution < 1.29 is 9.53 Å². The van der Waals surface area contributed by atoms with Crippen LogP contribution in [0.3, 0.4) is 0 Å². The maximum absolute atomic E-state index is 12.8. The van der Waals surface area contributed by atoms with Crippen LogP contribution in [-0.2, 0) is 0 Å². The lowest BCUT2D eigenvalue weighted by Crippen LogP contribution is -2.30. The van der Waals surface area contributed by atoms with Crippen molar-refractivity contribution >= 4 is 17.2 Å². The van der Waals surface area contributed by atoms with Gasteiger partial charge in [0.1, 0.15) is 22.2 Å². The molecule has 1 amide bonds. The van der Waals surface area contributed by atoms with Crippen LogP contribution < -0.4 is 4.74 Å². The predicted molar refractivity (Wildman–Crippen MR) is 111 cm³/mol. The molecule has 0 saturated heterocycles. The van der Waals surface area contributed by atoms with E-state index in [4.69, 9.17) is 4.74 Å². The number of benzene rings is 2. The van der Waals surface area contributed by atoms with E-state index in [2.05, 4.69) is 11.1 Å². The molecular formula is C22H24N2O2S. The average molecular weight is 381 g/mol. The van der Waals surface area contributed by atoms with Gasteiger partial charge in [-0.3, -0.25) is 4.79 Å². The minimum atomic E-state index is -0.0174. The van der Waals surface area contributed by atoms with Crippen LogP contribution in [-0.4, -0.2) is 36.0 Å². The molecule has 0 radical (unpaired) electrons. The van der Waals surface area contributed by atoms with Crippen LogP contribution in [0.25, 0.3) is 10.6 Å². The van der Waals surface area contributed by atoms with E-state index < -0.39 is 0 Å². The molecule has 27 heavy (non-hydrogen) atoms. The molecule has 0 aliphatic heterocycles. The molecule has 1 heterocycles. The van der Waals surface area contributed by atoms with Gasteiger partial charge in [0.25, 0.3) is 5.91 Å². The topological polar surface area (TPSA) is 42.4 Å². The molecule has 0 saturated carbocycles. The van der Waals surface area contributed by atoms with Gasteiger partial charge in [0.2, 0.25) is 0 Å². The van der Waals surface area contributed by atoms with E-state index in [1.807, 2.05) is 63.2 Å². The van der Waals surface area contributed by atoms with Crippen LogP contribution in [0.15, 0.2) is 48.5 Å². The first-order valence-corrected chi connectivity index (χ1v) is 9.75. The largest absolute Gasteiger partial charge is 0.492 e. The predicted octanol–water partition coefficient (Wildman–Crippen LogP) is 4.89. The Morgan fingerprint density at radius 3 is 2.41 bits per heavy atom. The van der Waals surface area contributed by atoms with Crippen molar-refractivity contribution in [2.45, 2.75) is 20.8 Å². The Morgan fingerprint density at radius 2 is 1.74 bits per heavy atom. The summed E-state index contributed by atoms with van der Waals surface area (Å²) in [5, 5.41) is 0.872. The lowest BCUT2D eigenvalue weighted by atomic mass is 10.1. The van der Waals surface area contributed by atoms with Gasteiger partial charge < -0.3 is 9.64 Å². The molecule has 0 atom stereocenters. The summed E-state index contributed by atoms with van der Waals surface area (Å²) in [6, 6.07) is 16.1. The summed E-state index contributed by atoms with van der Waals surface area (Å²) in [6.07, 6.45) is 0. The number of likely N-dealkylation sites (N-methyl/N-ethyl adjacent to an activating group) is 1. The van der Waals surface area contributed by atoms with Crippen LogP contribution in [0.2, 0.25) is 0 Å². The number of rotatable bonds is 6. The van der Waals surface area contributed by atoms with Gasteiger partial charge >= 0.3 is 0 Å². The van der Waals surface area contributed by atoms with Gasteiger partial charge in [0, 0.05) is 12.6 Å². The SMILES string of the molecule is Cc1cc(C)cc(OCCN(C)C(=O)c2sc(-c3ccccc3)nc2C)c1. The quantitative estimate of drug-likeness (QED) is 0.612. The minimum Gasteiger partial charge on any atom is -0.492 e. The normalized spacial score (nSPS) is 10.7. The smallest absolute Gasteiger partial charge is 0.265 e. The lowest BCUT2D eigenvalue weighted by molar-refractivity contribution is 0.0777. The fourth-order valence-corrected chi connectivity index (χ4v) is 3.96. The van der Waals surface area contributed by atoms with Crippen LogP contribution in [0.5, 0.6) is 5.75 Å². The summed E-state index contributed by atoms with van der Waals surface area (Å²) in [4.78, 5) is 19.7. The fraction of sp³-hybridized carbons (Fsp3) is 0.273. The van der Waals surface area contributed by atoms with Crippen molar-refractivity contribution in [3.8, 4) is 16.3 Å². The number of hydrogen-bond donors (Lipinski definition) is 0. The molecule has 0 unspecified atom stereocenters. The Balaban J connectivity index is 1.63. The van der Waals surface area contributed by atoms with Gasteiger partial charge in [0.15, 0.2) is 0 Å². The molecule has 0 bridgehead atoms. The van der Waals surface area contributed by atoms with Gasteiger partial charge in [-0.25, -0.2) is 4.98 Å². The van der Waals surface area contributed by atoms with E-state index in [0.717, 1.165) is 22.0 Å². The van der Waals surface area contributed by atoms with Crippen LogP contribution in [0, 0.1) is 20.8 Å². The first-order valence-electron chi connectivity index (χ1n) is 8.93. The molecule has 0 spiro atoms. The molecule has 3 rings (SSSR count). The van der Waals surface area contributed by atoms with E-state index in [1.165, 1.54) is 22.5 Å². The maximum Gasteiger partial charge on any atom is 0.265 e. The van der Waals surface area contributed by atoms with Crippen molar-refractivity contribution in [2.24, 2.45) is 0 Å². The Kier molecular flexibility index (Phi) is 5.91. The van der Waals surface area contributed by atoms with Crippen LogP contribution in [0.4, 0.5) is 0 Å².